The molecule has 0 saturated heterocycles. The molecule has 0 bridgehead atoms. The molecule has 1 aliphatic carbocycles. The van der Waals surface area contributed by atoms with Gasteiger partial charge < -0.3 is 29.4 Å². The number of Topliss-reactive ketones (excluding diaryl/α,β-unsaturated/α-hetero) is 1. The maximum absolute atomic E-state index is 13.9. The monoisotopic (exact) mass is 631 g/mol. The molecule has 4 rings (SSSR count). The fourth-order valence-electron chi connectivity index (χ4n) is 5.32. The van der Waals surface area contributed by atoms with E-state index in [1.54, 1.807) is 38.1 Å². The third kappa shape index (κ3) is 5.98. The standard InChI is InChI=1S/C30H34BrNO7S/c1-6-40-10-9-39-30(35)26-16(2)32-21-12-18(17-7-8-23(36-3)24(14-17)37-4)13-22(33)28(21)27(26)19-11-20(31)29(34)25(15-19)38-5/h7-8,11,14-15,18,27,32,34H,6,9-10,12-13H2,1-5H3/t18-,27+/m1/s1. The lowest BCUT2D eigenvalue weighted by molar-refractivity contribution is -0.138. The van der Waals surface area contributed by atoms with Crippen LogP contribution in [0.4, 0.5) is 0 Å². The lowest BCUT2D eigenvalue weighted by atomic mass is 9.71. The van der Waals surface area contributed by atoms with Gasteiger partial charge in [-0.15, -0.1) is 0 Å². The number of hydrogen-bond acceptors (Lipinski definition) is 9. The van der Waals surface area contributed by atoms with Gasteiger partial charge in [0.25, 0.3) is 0 Å². The highest BCUT2D eigenvalue weighted by atomic mass is 79.9. The zero-order chi connectivity index (χ0) is 29.0. The Balaban J connectivity index is 1.78. The highest BCUT2D eigenvalue weighted by molar-refractivity contribution is 9.10. The second-order valence-electron chi connectivity index (χ2n) is 9.52. The van der Waals surface area contributed by atoms with E-state index in [4.69, 9.17) is 18.9 Å². The quantitative estimate of drug-likeness (QED) is 0.247. The van der Waals surface area contributed by atoms with E-state index < -0.39 is 11.9 Å². The van der Waals surface area contributed by atoms with Crippen molar-refractivity contribution in [2.24, 2.45) is 0 Å². The number of rotatable bonds is 10. The predicted molar refractivity (Wildman–Crippen MR) is 158 cm³/mol. The van der Waals surface area contributed by atoms with Gasteiger partial charge in [-0.05, 0) is 76.3 Å². The summed E-state index contributed by atoms with van der Waals surface area (Å²) in [4.78, 5) is 27.4. The van der Waals surface area contributed by atoms with Crippen LogP contribution in [0, 0.1) is 0 Å². The first-order chi connectivity index (χ1) is 19.2. The predicted octanol–water partition coefficient (Wildman–Crippen LogP) is 5.84. The van der Waals surface area contributed by atoms with Crippen LogP contribution in [-0.2, 0) is 14.3 Å². The first kappa shape index (κ1) is 29.9. The van der Waals surface area contributed by atoms with E-state index in [0.717, 1.165) is 17.0 Å². The number of aromatic hydroxyl groups is 1. The van der Waals surface area contributed by atoms with Crippen molar-refractivity contribution in [1.29, 1.82) is 0 Å². The van der Waals surface area contributed by atoms with Gasteiger partial charge >= 0.3 is 5.97 Å². The molecular weight excluding hydrogens is 598 g/mol. The van der Waals surface area contributed by atoms with Crippen LogP contribution in [0.15, 0.2) is 57.3 Å². The summed E-state index contributed by atoms with van der Waals surface area (Å²) in [7, 11) is 4.63. The van der Waals surface area contributed by atoms with Crippen LogP contribution in [0.1, 0.15) is 49.7 Å². The fourth-order valence-corrected chi connectivity index (χ4v) is 6.27. The molecule has 8 nitrogen and oxygen atoms in total. The number of halogens is 1. The Labute approximate surface area is 247 Å². The van der Waals surface area contributed by atoms with Gasteiger partial charge in [0.05, 0.1) is 31.4 Å². The van der Waals surface area contributed by atoms with Gasteiger partial charge in [0.15, 0.2) is 28.8 Å². The minimum atomic E-state index is -0.688. The smallest absolute Gasteiger partial charge is 0.336 e. The average molecular weight is 633 g/mol. The summed E-state index contributed by atoms with van der Waals surface area (Å²) in [6, 6.07) is 9.09. The Bertz CT molecular complexity index is 1370. The summed E-state index contributed by atoms with van der Waals surface area (Å²) in [6.45, 7) is 4.14. The molecule has 1 aliphatic heterocycles. The molecule has 0 spiro atoms. The molecule has 0 saturated carbocycles. The molecule has 2 aromatic carbocycles. The van der Waals surface area contributed by atoms with Crippen LogP contribution in [-0.4, -0.2) is 56.3 Å². The Morgan fingerprint density at radius 1 is 1.05 bits per heavy atom. The number of phenolic OH excluding ortho intramolecular Hbond substituents is 1. The topological polar surface area (TPSA) is 103 Å². The van der Waals surface area contributed by atoms with Gasteiger partial charge in [0.2, 0.25) is 0 Å². The third-order valence-corrected chi connectivity index (χ3v) is 8.66. The Hall–Kier alpha value is -3.11. The van der Waals surface area contributed by atoms with Gasteiger partial charge in [0, 0.05) is 35.1 Å². The van der Waals surface area contributed by atoms with E-state index in [-0.39, 0.29) is 36.2 Å². The van der Waals surface area contributed by atoms with Crippen LogP contribution in [0.5, 0.6) is 23.0 Å². The number of phenols is 1. The van der Waals surface area contributed by atoms with Gasteiger partial charge in [0.1, 0.15) is 6.61 Å². The average Bonchev–Trinajstić information content (AvgIpc) is 2.95. The van der Waals surface area contributed by atoms with Crippen LogP contribution in [0.3, 0.4) is 0 Å². The van der Waals surface area contributed by atoms with Crippen LogP contribution in [0.25, 0.3) is 0 Å². The summed E-state index contributed by atoms with van der Waals surface area (Å²) in [5.41, 5.74) is 3.89. The normalized spacial score (nSPS) is 18.7. The number of carbonyl (C=O) groups is 2. The van der Waals surface area contributed by atoms with Crippen molar-refractivity contribution in [2.45, 2.75) is 38.5 Å². The number of allylic oxidation sites excluding steroid dienone is 3. The van der Waals surface area contributed by atoms with Crippen molar-refractivity contribution in [3.63, 3.8) is 0 Å². The maximum atomic E-state index is 13.9. The zero-order valence-electron chi connectivity index (χ0n) is 23.3. The molecule has 0 radical (unpaired) electrons. The molecule has 1 heterocycles. The number of nitrogens with one attached hydrogen (secondary N) is 1. The summed E-state index contributed by atoms with van der Waals surface area (Å²) >= 11 is 5.09. The van der Waals surface area contributed by atoms with Crippen molar-refractivity contribution >= 4 is 39.4 Å². The number of thioether (sulfide) groups is 1. The van der Waals surface area contributed by atoms with E-state index in [1.165, 1.54) is 7.11 Å². The van der Waals surface area contributed by atoms with E-state index in [1.807, 2.05) is 32.0 Å². The van der Waals surface area contributed by atoms with E-state index in [2.05, 4.69) is 21.2 Å². The van der Waals surface area contributed by atoms with Crippen LogP contribution < -0.4 is 19.5 Å². The summed E-state index contributed by atoms with van der Waals surface area (Å²) in [6.07, 6.45) is 0.827. The van der Waals surface area contributed by atoms with Gasteiger partial charge in [-0.3, -0.25) is 4.79 Å². The number of ether oxygens (including phenoxy) is 4. The molecule has 2 aromatic rings. The molecule has 0 amide bonds. The van der Waals surface area contributed by atoms with Gasteiger partial charge in [-0.25, -0.2) is 4.79 Å². The number of ketones is 1. The largest absolute Gasteiger partial charge is 0.503 e. The van der Waals surface area contributed by atoms with Crippen LogP contribution in [0.2, 0.25) is 0 Å². The molecule has 40 heavy (non-hydrogen) atoms. The Morgan fingerprint density at radius 3 is 2.42 bits per heavy atom. The van der Waals surface area contributed by atoms with Crippen LogP contribution >= 0.6 is 27.7 Å². The number of benzene rings is 2. The first-order valence-electron chi connectivity index (χ1n) is 13.0. The summed E-state index contributed by atoms with van der Waals surface area (Å²) < 4.78 is 22.3. The minimum Gasteiger partial charge on any atom is -0.503 e. The Kier molecular flexibility index (Phi) is 9.73. The van der Waals surface area contributed by atoms with E-state index in [0.29, 0.717) is 50.6 Å². The lowest BCUT2D eigenvalue weighted by Gasteiger charge is -2.37. The first-order valence-corrected chi connectivity index (χ1v) is 15.0. The van der Waals surface area contributed by atoms with Crippen molar-refractivity contribution in [1.82, 2.24) is 5.32 Å². The highest BCUT2D eigenvalue weighted by Crippen LogP contribution is 2.48. The maximum Gasteiger partial charge on any atom is 0.336 e. The summed E-state index contributed by atoms with van der Waals surface area (Å²) in [5.74, 6) is 1.69. The molecule has 0 fully saturated rings. The van der Waals surface area contributed by atoms with Crippen molar-refractivity contribution < 1.29 is 33.6 Å². The van der Waals surface area contributed by atoms with E-state index >= 15 is 0 Å². The molecule has 0 aromatic heterocycles. The van der Waals surface area contributed by atoms with Crippen molar-refractivity contribution in [3.05, 3.63) is 68.5 Å². The second kappa shape index (κ2) is 13.0. The number of dihydropyridines is 1. The Morgan fingerprint density at radius 2 is 1.75 bits per heavy atom. The number of carbonyl (C=O) groups excluding carboxylic acids is 2. The second-order valence-corrected chi connectivity index (χ2v) is 11.8. The third-order valence-electron chi connectivity index (χ3n) is 7.20. The zero-order valence-corrected chi connectivity index (χ0v) is 25.7. The highest BCUT2D eigenvalue weighted by Gasteiger charge is 2.42. The molecule has 2 N–H and O–H groups in total. The number of methoxy groups -OCH3 is 3. The number of esters is 1. The molecule has 214 valence electrons. The summed E-state index contributed by atoms with van der Waals surface area (Å²) in [5, 5.41) is 13.8. The van der Waals surface area contributed by atoms with E-state index in [9.17, 15) is 14.7 Å². The van der Waals surface area contributed by atoms with Gasteiger partial charge in [-0.1, -0.05) is 13.0 Å². The lowest BCUT2D eigenvalue weighted by Crippen LogP contribution is -2.36. The molecule has 2 atom stereocenters. The molecular formula is C30H34BrNO7S. The minimum absolute atomic E-state index is 0.0562. The SMILES string of the molecule is CCSCCOC(=O)C1=C(C)NC2=C(C(=O)C[C@H](c3ccc(OC)c(OC)c3)C2)[C@H]1c1cc(Br)c(O)c(OC)c1. The molecule has 0 unspecified atom stereocenters. The van der Waals surface area contributed by atoms with Crippen molar-refractivity contribution in [3.8, 4) is 23.0 Å². The fraction of sp³-hybridized carbons (Fsp3) is 0.400. The molecule has 2 aliphatic rings. The number of hydrogen-bond donors (Lipinski definition) is 2. The van der Waals surface area contributed by atoms with Gasteiger partial charge in [-0.2, -0.15) is 11.8 Å². The molecule has 10 heteroatoms. The van der Waals surface area contributed by atoms with Crippen molar-refractivity contribution in [2.75, 3.05) is 39.4 Å².